The molecule has 2 unspecified atom stereocenters. The van der Waals surface area contributed by atoms with Gasteiger partial charge in [0.2, 0.25) is 5.91 Å². The third-order valence-electron chi connectivity index (χ3n) is 3.56. The first-order chi connectivity index (χ1) is 8.99. The van der Waals surface area contributed by atoms with E-state index in [4.69, 9.17) is 11.6 Å². The van der Waals surface area contributed by atoms with Crippen LogP contribution in [0.25, 0.3) is 0 Å². The van der Waals surface area contributed by atoms with E-state index in [0.717, 1.165) is 24.3 Å². The lowest BCUT2D eigenvalue weighted by Crippen LogP contribution is -2.32. The Morgan fingerprint density at radius 1 is 1.47 bits per heavy atom. The van der Waals surface area contributed by atoms with Crippen molar-refractivity contribution in [1.82, 2.24) is 5.32 Å². The molecule has 0 aromatic heterocycles. The van der Waals surface area contributed by atoms with Crippen LogP contribution in [-0.4, -0.2) is 32.6 Å². The van der Waals surface area contributed by atoms with Gasteiger partial charge in [0.15, 0.2) is 0 Å². The van der Waals surface area contributed by atoms with Gasteiger partial charge in [-0.3, -0.25) is 4.79 Å². The zero-order valence-electron chi connectivity index (χ0n) is 11.5. The normalized spacial score (nSPS) is 22.3. The largest absolute Gasteiger partial charge is 0.376 e. The number of carbonyl (C=O) groups excluding carboxylic acids is 1. The molecular weight excluding hydrogens is 262 g/mol. The van der Waals surface area contributed by atoms with Gasteiger partial charge in [-0.25, -0.2) is 0 Å². The first-order valence-corrected chi connectivity index (χ1v) is 6.88. The Bertz CT molecular complexity index is 476. The van der Waals surface area contributed by atoms with E-state index in [2.05, 4.69) is 10.6 Å². The Morgan fingerprint density at radius 3 is 2.79 bits per heavy atom. The van der Waals surface area contributed by atoms with Crippen molar-refractivity contribution in [2.24, 2.45) is 5.92 Å². The molecule has 5 heteroatoms. The molecule has 0 spiro atoms. The molecule has 1 saturated heterocycles. The summed E-state index contributed by atoms with van der Waals surface area (Å²) in [6, 6.07) is 5.75. The van der Waals surface area contributed by atoms with Gasteiger partial charge in [0, 0.05) is 25.2 Å². The lowest BCUT2D eigenvalue weighted by atomic mass is 10.0. The van der Waals surface area contributed by atoms with E-state index in [1.54, 1.807) is 6.07 Å². The highest BCUT2D eigenvalue weighted by Gasteiger charge is 2.29. The second kappa shape index (κ2) is 5.80. The molecule has 1 amide bonds. The summed E-state index contributed by atoms with van der Waals surface area (Å²) in [5.41, 5.74) is 1.72. The van der Waals surface area contributed by atoms with E-state index in [1.807, 2.05) is 38.1 Å². The predicted molar refractivity (Wildman–Crippen MR) is 80.0 cm³/mol. The van der Waals surface area contributed by atoms with Crippen molar-refractivity contribution in [2.45, 2.75) is 19.4 Å². The van der Waals surface area contributed by atoms with Crippen LogP contribution in [-0.2, 0) is 4.79 Å². The van der Waals surface area contributed by atoms with Crippen molar-refractivity contribution < 1.29 is 4.79 Å². The van der Waals surface area contributed by atoms with Crippen molar-refractivity contribution in [3.05, 3.63) is 23.2 Å². The van der Waals surface area contributed by atoms with Gasteiger partial charge in [0.05, 0.1) is 17.3 Å². The second-order valence-electron chi connectivity index (χ2n) is 5.18. The maximum Gasteiger partial charge on any atom is 0.229 e. The number of hydrogen-bond acceptors (Lipinski definition) is 3. The molecule has 0 radical (unpaired) electrons. The summed E-state index contributed by atoms with van der Waals surface area (Å²) in [7, 11) is 3.89. The average Bonchev–Trinajstić information content (AvgIpc) is 2.75. The highest BCUT2D eigenvalue weighted by molar-refractivity contribution is 6.31. The smallest absolute Gasteiger partial charge is 0.229 e. The van der Waals surface area contributed by atoms with E-state index in [0.29, 0.717) is 5.02 Å². The zero-order chi connectivity index (χ0) is 14.0. The average molecular weight is 282 g/mol. The van der Waals surface area contributed by atoms with Gasteiger partial charge in [-0.1, -0.05) is 11.6 Å². The van der Waals surface area contributed by atoms with E-state index >= 15 is 0 Å². The van der Waals surface area contributed by atoms with Crippen LogP contribution in [0, 0.1) is 5.92 Å². The zero-order valence-corrected chi connectivity index (χ0v) is 12.3. The van der Waals surface area contributed by atoms with E-state index in [1.165, 1.54) is 0 Å². The first kappa shape index (κ1) is 14.2. The van der Waals surface area contributed by atoms with Gasteiger partial charge < -0.3 is 15.5 Å². The highest BCUT2D eigenvalue weighted by Crippen LogP contribution is 2.29. The van der Waals surface area contributed by atoms with Crippen molar-refractivity contribution >= 4 is 28.9 Å². The van der Waals surface area contributed by atoms with Gasteiger partial charge in [-0.05, 0) is 38.1 Å². The molecule has 104 valence electrons. The lowest BCUT2D eigenvalue weighted by molar-refractivity contribution is -0.119. The van der Waals surface area contributed by atoms with Gasteiger partial charge in [-0.2, -0.15) is 0 Å². The van der Waals surface area contributed by atoms with Gasteiger partial charge >= 0.3 is 0 Å². The first-order valence-electron chi connectivity index (χ1n) is 6.50. The summed E-state index contributed by atoms with van der Waals surface area (Å²) in [5.74, 6) is 0.0804. The number of halogens is 1. The molecule has 0 aliphatic carbocycles. The molecule has 1 aliphatic heterocycles. The fourth-order valence-electron chi connectivity index (χ4n) is 2.44. The number of amides is 1. The minimum Gasteiger partial charge on any atom is -0.376 e. The topological polar surface area (TPSA) is 44.4 Å². The van der Waals surface area contributed by atoms with Gasteiger partial charge in [-0.15, -0.1) is 0 Å². The summed E-state index contributed by atoms with van der Waals surface area (Å²) in [6.07, 6.45) is 0.880. The summed E-state index contributed by atoms with van der Waals surface area (Å²) < 4.78 is 0. The molecule has 19 heavy (non-hydrogen) atoms. The van der Waals surface area contributed by atoms with Crippen LogP contribution in [0.2, 0.25) is 5.02 Å². The van der Waals surface area contributed by atoms with E-state index in [9.17, 15) is 4.79 Å². The number of hydrogen-bond donors (Lipinski definition) is 2. The van der Waals surface area contributed by atoms with Crippen molar-refractivity contribution in [1.29, 1.82) is 0 Å². The minimum absolute atomic E-state index is 0.0222. The Hall–Kier alpha value is -1.26. The van der Waals surface area contributed by atoms with E-state index < -0.39 is 0 Å². The van der Waals surface area contributed by atoms with Gasteiger partial charge in [0.25, 0.3) is 0 Å². The van der Waals surface area contributed by atoms with Gasteiger partial charge in [0.1, 0.15) is 0 Å². The number of nitrogens with one attached hydrogen (secondary N) is 2. The van der Waals surface area contributed by atoms with Crippen LogP contribution in [0.5, 0.6) is 0 Å². The van der Waals surface area contributed by atoms with Crippen LogP contribution in [0.3, 0.4) is 0 Å². The predicted octanol–water partition coefficient (Wildman–Crippen LogP) is 2.34. The Morgan fingerprint density at radius 2 is 2.21 bits per heavy atom. The van der Waals surface area contributed by atoms with Crippen LogP contribution in [0.15, 0.2) is 18.2 Å². The molecule has 1 aliphatic rings. The number of carbonyl (C=O) groups is 1. The molecule has 2 atom stereocenters. The Kier molecular flexibility index (Phi) is 4.32. The van der Waals surface area contributed by atoms with Crippen LogP contribution in [0.4, 0.5) is 11.4 Å². The third kappa shape index (κ3) is 3.19. The van der Waals surface area contributed by atoms with Crippen molar-refractivity contribution in [2.75, 3.05) is 30.9 Å². The summed E-state index contributed by atoms with van der Waals surface area (Å²) in [5, 5.41) is 6.91. The molecule has 0 saturated carbocycles. The number of benzene rings is 1. The molecule has 2 N–H and O–H groups in total. The molecule has 0 bridgehead atoms. The highest BCUT2D eigenvalue weighted by atomic mass is 35.5. The number of rotatable bonds is 3. The molecular formula is C14H20ClN3O. The molecule has 1 aromatic carbocycles. The molecule has 4 nitrogen and oxygen atoms in total. The number of nitrogens with zero attached hydrogens (tertiary/aromatic N) is 1. The van der Waals surface area contributed by atoms with Crippen molar-refractivity contribution in [3.63, 3.8) is 0 Å². The third-order valence-corrected chi connectivity index (χ3v) is 3.80. The molecule has 1 fully saturated rings. The summed E-state index contributed by atoms with van der Waals surface area (Å²) >= 11 is 6.01. The molecule has 1 heterocycles. The van der Waals surface area contributed by atoms with Crippen LogP contribution >= 0.6 is 11.6 Å². The Labute approximate surface area is 119 Å². The standard InChI is InChI=1S/C14H20ClN3O/c1-9-11(6-7-16-9)14(19)17-12-8-10(15)4-5-13(12)18(2)3/h4-5,8-9,11,16H,6-7H2,1-3H3,(H,17,19). The molecule has 1 aromatic rings. The fraction of sp³-hybridized carbons (Fsp3) is 0.500. The van der Waals surface area contributed by atoms with E-state index in [-0.39, 0.29) is 17.9 Å². The molecule has 2 rings (SSSR count). The quantitative estimate of drug-likeness (QED) is 0.894. The second-order valence-corrected chi connectivity index (χ2v) is 5.62. The summed E-state index contributed by atoms with van der Waals surface area (Å²) in [4.78, 5) is 14.3. The lowest BCUT2D eigenvalue weighted by Gasteiger charge is -2.20. The Balaban J connectivity index is 2.18. The maximum absolute atomic E-state index is 12.3. The monoisotopic (exact) mass is 281 g/mol. The van der Waals surface area contributed by atoms with Crippen LogP contribution in [0.1, 0.15) is 13.3 Å². The SMILES string of the molecule is CC1NCCC1C(=O)Nc1cc(Cl)ccc1N(C)C. The van der Waals surface area contributed by atoms with Crippen molar-refractivity contribution in [3.8, 4) is 0 Å². The maximum atomic E-state index is 12.3. The number of anilines is 2. The van der Waals surface area contributed by atoms with Crippen LogP contribution < -0.4 is 15.5 Å². The minimum atomic E-state index is 0.0222. The fourth-order valence-corrected chi connectivity index (χ4v) is 2.61. The summed E-state index contributed by atoms with van der Waals surface area (Å²) in [6.45, 7) is 2.94.